The molecule has 5 heteroatoms. The quantitative estimate of drug-likeness (QED) is 0.912. The average molecular weight is 327 g/mol. The van der Waals surface area contributed by atoms with Gasteiger partial charge in [-0.05, 0) is 41.5 Å². The topological polar surface area (TPSA) is 29.5 Å². The van der Waals surface area contributed by atoms with Gasteiger partial charge in [0.1, 0.15) is 11.9 Å². The third-order valence-electron chi connectivity index (χ3n) is 3.41. The summed E-state index contributed by atoms with van der Waals surface area (Å²) in [5, 5.41) is 11.1. The monoisotopic (exact) mass is 326 g/mol. The maximum Gasteiger partial charge on any atom is 0.137 e. The summed E-state index contributed by atoms with van der Waals surface area (Å²) in [6.45, 7) is 0. The minimum absolute atomic E-state index is 0.529. The van der Waals surface area contributed by atoms with Crippen molar-refractivity contribution in [1.29, 1.82) is 0 Å². The van der Waals surface area contributed by atoms with Crippen LogP contribution in [0.2, 0.25) is 5.02 Å². The van der Waals surface area contributed by atoms with Gasteiger partial charge in [-0.1, -0.05) is 17.7 Å². The third kappa shape index (κ3) is 2.70. The fourth-order valence-electron chi connectivity index (χ4n) is 2.32. The van der Waals surface area contributed by atoms with Crippen LogP contribution in [0, 0.1) is 0 Å². The molecule has 1 aromatic heterocycles. The Morgan fingerprint density at radius 2 is 2.20 bits per heavy atom. The Bertz CT molecular complexity index is 601. The molecule has 1 aliphatic rings. The van der Waals surface area contributed by atoms with Crippen LogP contribution in [0.25, 0.3) is 0 Å². The highest BCUT2D eigenvalue weighted by molar-refractivity contribution is 7.98. The van der Waals surface area contributed by atoms with E-state index in [0.717, 1.165) is 22.6 Å². The maximum absolute atomic E-state index is 10.5. The maximum atomic E-state index is 10.5. The molecule has 0 spiro atoms. The first kappa shape index (κ1) is 14.3. The minimum atomic E-state index is -0.612. The van der Waals surface area contributed by atoms with Crippen molar-refractivity contribution in [3.8, 4) is 5.75 Å². The van der Waals surface area contributed by atoms with E-state index < -0.39 is 6.10 Å². The zero-order valence-electron chi connectivity index (χ0n) is 11.1. The van der Waals surface area contributed by atoms with Gasteiger partial charge in [0.15, 0.2) is 0 Å². The Labute approximate surface area is 131 Å². The molecule has 2 nitrogen and oxygen atoms in total. The molecule has 20 heavy (non-hydrogen) atoms. The van der Waals surface area contributed by atoms with Crippen LogP contribution in [0.1, 0.15) is 27.0 Å². The summed E-state index contributed by atoms with van der Waals surface area (Å²) < 4.78 is 5.14. The molecule has 3 rings (SSSR count). The molecule has 0 saturated heterocycles. The summed E-state index contributed by atoms with van der Waals surface area (Å²) in [7, 11) is 1.59. The van der Waals surface area contributed by atoms with Crippen LogP contribution in [-0.2, 0) is 12.2 Å². The van der Waals surface area contributed by atoms with Gasteiger partial charge in [-0.2, -0.15) is 11.8 Å². The summed E-state index contributed by atoms with van der Waals surface area (Å²) in [5.74, 6) is 2.86. The van der Waals surface area contributed by atoms with Gasteiger partial charge in [-0.25, -0.2) is 0 Å². The molecule has 1 atom stereocenters. The second kappa shape index (κ2) is 5.98. The van der Waals surface area contributed by atoms with Gasteiger partial charge in [0, 0.05) is 15.5 Å². The number of benzene rings is 1. The molecular formula is C15H15ClO2S2. The van der Waals surface area contributed by atoms with Crippen molar-refractivity contribution in [2.24, 2.45) is 0 Å². The molecule has 0 aliphatic carbocycles. The number of methoxy groups -OCH3 is 1. The van der Waals surface area contributed by atoms with E-state index in [1.165, 1.54) is 16.2 Å². The highest BCUT2D eigenvalue weighted by atomic mass is 35.5. The Morgan fingerprint density at radius 1 is 1.35 bits per heavy atom. The molecule has 106 valence electrons. The second-order valence-corrected chi connectivity index (χ2v) is 7.38. The smallest absolute Gasteiger partial charge is 0.137 e. The molecule has 1 unspecified atom stereocenters. The normalized spacial score (nSPS) is 15.8. The van der Waals surface area contributed by atoms with Crippen LogP contribution in [0.4, 0.5) is 0 Å². The van der Waals surface area contributed by atoms with Crippen molar-refractivity contribution in [2.45, 2.75) is 18.3 Å². The summed E-state index contributed by atoms with van der Waals surface area (Å²) in [5.41, 5.74) is 2.18. The lowest BCUT2D eigenvalue weighted by atomic mass is 10.1. The van der Waals surface area contributed by atoms with Gasteiger partial charge in [0.05, 0.1) is 12.1 Å². The van der Waals surface area contributed by atoms with E-state index in [9.17, 15) is 5.11 Å². The largest absolute Gasteiger partial charge is 0.495 e. The number of thiophene rings is 1. The van der Waals surface area contributed by atoms with E-state index in [-0.39, 0.29) is 0 Å². The van der Waals surface area contributed by atoms with Gasteiger partial charge in [-0.15, -0.1) is 11.3 Å². The Morgan fingerprint density at radius 3 is 2.90 bits per heavy atom. The molecule has 2 heterocycles. The fourth-order valence-corrected chi connectivity index (χ4v) is 4.98. The van der Waals surface area contributed by atoms with Crippen LogP contribution >= 0.6 is 34.7 Å². The van der Waals surface area contributed by atoms with Crippen molar-refractivity contribution in [2.75, 3.05) is 12.9 Å². The lowest BCUT2D eigenvalue weighted by Crippen LogP contribution is -1.97. The number of aliphatic hydroxyl groups is 1. The van der Waals surface area contributed by atoms with E-state index in [2.05, 4.69) is 6.07 Å². The molecular weight excluding hydrogens is 312 g/mol. The van der Waals surface area contributed by atoms with Crippen molar-refractivity contribution in [1.82, 2.24) is 0 Å². The number of thioether (sulfide) groups is 1. The minimum Gasteiger partial charge on any atom is -0.495 e. The van der Waals surface area contributed by atoms with Gasteiger partial charge in [-0.3, -0.25) is 0 Å². The van der Waals surface area contributed by atoms with E-state index in [1.54, 1.807) is 30.6 Å². The molecule has 1 aromatic carbocycles. The van der Waals surface area contributed by atoms with E-state index >= 15 is 0 Å². The molecule has 0 radical (unpaired) electrons. The molecule has 0 fully saturated rings. The molecule has 0 saturated carbocycles. The predicted molar refractivity (Wildman–Crippen MR) is 86.3 cm³/mol. The van der Waals surface area contributed by atoms with E-state index in [0.29, 0.717) is 10.8 Å². The van der Waals surface area contributed by atoms with Crippen LogP contribution < -0.4 is 4.74 Å². The number of rotatable bonds is 3. The Kier molecular flexibility index (Phi) is 4.26. The first-order chi connectivity index (χ1) is 9.69. The van der Waals surface area contributed by atoms with Crippen LogP contribution in [0.5, 0.6) is 5.75 Å². The molecule has 0 amide bonds. The Balaban J connectivity index is 1.90. The number of halogens is 1. The predicted octanol–water partition coefficient (Wildman–Crippen LogP) is 4.28. The number of aryl methyl sites for hydroxylation is 1. The van der Waals surface area contributed by atoms with E-state index in [1.807, 2.05) is 17.8 Å². The molecule has 2 aromatic rings. The van der Waals surface area contributed by atoms with Crippen molar-refractivity contribution in [3.63, 3.8) is 0 Å². The zero-order chi connectivity index (χ0) is 14.1. The van der Waals surface area contributed by atoms with Gasteiger partial charge in [0.25, 0.3) is 0 Å². The van der Waals surface area contributed by atoms with Crippen molar-refractivity contribution < 1.29 is 9.84 Å². The first-order valence-electron chi connectivity index (χ1n) is 6.39. The van der Waals surface area contributed by atoms with Crippen LogP contribution in [-0.4, -0.2) is 18.0 Å². The molecule has 1 aliphatic heterocycles. The van der Waals surface area contributed by atoms with Gasteiger partial charge >= 0.3 is 0 Å². The highest BCUT2D eigenvalue weighted by Crippen LogP contribution is 2.37. The van der Waals surface area contributed by atoms with Crippen molar-refractivity contribution in [3.05, 3.63) is 50.2 Å². The fraction of sp³-hybridized carbons (Fsp3) is 0.333. The summed E-state index contributed by atoms with van der Waals surface area (Å²) >= 11 is 9.80. The average Bonchev–Trinajstić information content (AvgIpc) is 2.90. The lowest BCUT2D eigenvalue weighted by molar-refractivity contribution is 0.224. The third-order valence-corrected chi connectivity index (χ3v) is 6.00. The number of hydrogen-bond donors (Lipinski definition) is 1. The first-order valence-corrected chi connectivity index (χ1v) is 8.74. The zero-order valence-corrected chi connectivity index (χ0v) is 13.4. The van der Waals surface area contributed by atoms with Gasteiger partial charge in [0.2, 0.25) is 0 Å². The molecule has 0 bridgehead atoms. The number of fused-ring (bicyclic) bond motifs is 1. The summed E-state index contributed by atoms with van der Waals surface area (Å²) in [4.78, 5) is 2.41. The van der Waals surface area contributed by atoms with Crippen LogP contribution in [0.15, 0.2) is 24.3 Å². The second-order valence-electron chi connectivity index (χ2n) is 4.70. The lowest BCUT2D eigenvalue weighted by Gasteiger charge is -2.11. The summed E-state index contributed by atoms with van der Waals surface area (Å²) in [6, 6.07) is 7.57. The van der Waals surface area contributed by atoms with Crippen LogP contribution in [0.3, 0.4) is 0 Å². The van der Waals surface area contributed by atoms with Gasteiger partial charge < -0.3 is 9.84 Å². The standard InChI is InChI=1S/C15H15ClO2S2/c1-18-12-3-2-9(6-11(12)16)15(17)14-7-10-8-19-5-4-13(10)20-14/h2-3,6-7,15,17H,4-5,8H2,1H3. The Hall–Kier alpha value is -0.680. The number of aliphatic hydroxyl groups excluding tert-OH is 1. The van der Waals surface area contributed by atoms with Crippen molar-refractivity contribution >= 4 is 34.7 Å². The summed E-state index contributed by atoms with van der Waals surface area (Å²) in [6.07, 6.45) is 0.500. The number of ether oxygens (including phenoxy) is 1. The van der Waals surface area contributed by atoms with E-state index in [4.69, 9.17) is 16.3 Å². The SMILES string of the molecule is COc1ccc(C(O)c2cc3c(s2)CCSC3)cc1Cl. The highest BCUT2D eigenvalue weighted by Gasteiger charge is 2.19. The molecule has 1 N–H and O–H groups in total. The number of hydrogen-bond acceptors (Lipinski definition) is 4.